The second-order valence-corrected chi connectivity index (χ2v) is 3.82. The molecule has 0 bridgehead atoms. The molecular formula is C14H19NO4. The van der Waals surface area contributed by atoms with Crippen LogP contribution in [0.4, 0.5) is 0 Å². The van der Waals surface area contributed by atoms with Crippen molar-refractivity contribution in [1.29, 1.82) is 5.26 Å². The number of hydrogen-bond acceptors (Lipinski definition) is 5. The Bertz CT molecular complexity index is 414. The van der Waals surface area contributed by atoms with Crippen molar-refractivity contribution in [3.63, 3.8) is 0 Å². The molecule has 0 aromatic heterocycles. The Kier molecular flexibility index (Phi) is 7.40. The topological polar surface area (TPSA) is 60.7 Å². The molecule has 0 radical (unpaired) electrons. The van der Waals surface area contributed by atoms with E-state index in [9.17, 15) is 0 Å². The van der Waals surface area contributed by atoms with Gasteiger partial charge in [-0.25, -0.2) is 0 Å². The fourth-order valence-corrected chi connectivity index (χ4v) is 1.46. The predicted molar refractivity (Wildman–Crippen MR) is 70.5 cm³/mol. The largest absolute Gasteiger partial charge is 0.497 e. The summed E-state index contributed by atoms with van der Waals surface area (Å²) >= 11 is 0. The summed E-state index contributed by atoms with van der Waals surface area (Å²) in [7, 11) is 3.22. The first-order valence-electron chi connectivity index (χ1n) is 6.09. The van der Waals surface area contributed by atoms with Crippen LogP contribution in [-0.2, 0) is 9.47 Å². The van der Waals surface area contributed by atoms with Crippen molar-refractivity contribution in [2.45, 2.75) is 6.42 Å². The number of ether oxygens (including phenoxy) is 4. The van der Waals surface area contributed by atoms with E-state index in [0.717, 1.165) is 6.42 Å². The molecule has 0 unspecified atom stereocenters. The van der Waals surface area contributed by atoms with Crippen molar-refractivity contribution in [3.05, 3.63) is 23.8 Å². The molecule has 0 aliphatic carbocycles. The maximum atomic E-state index is 8.88. The van der Waals surface area contributed by atoms with Crippen LogP contribution in [0.1, 0.15) is 12.0 Å². The molecule has 19 heavy (non-hydrogen) atoms. The lowest BCUT2D eigenvalue weighted by Crippen LogP contribution is -2.08. The Morgan fingerprint density at radius 1 is 1.00 bits per heavy atom. The second kappa shape index (κ2) is 9.20. The quantitative estimate of drug-likeness (QED) is 0.639. The van der Waals surface area contributed by atoms with E-state index in [1.54, 1.807) is 32.4 Å². The van der Waals surface area contributed by atoms with E-state index in [2.05, 4.69) is 6.07 Å². The Morgan fingerprint density at radius 2 is 1.79 bits per heavy atom. The number of hydrogen-bond donors (Lipinski definition) is 0. The van der Waals surface area contributed by atoms with Gasteiger partial charge < -0.3 is 18.9 Å². The SMILES string of the molecule is COCCCOCCOc1cc(C#N)cc(OC)c1. The average molecular weight is 265 g/mol. The van der Waals surface area contributed by atoms with Gasteiger partial charge >= 0.3 is 0 Å². The van der Waals surface area contributed by atoms with Crippen molar-refractivity contribution < 1.29 is 18.9 Å². The third-order valence-corrected chi connectivity index (χ3v) is 2.38. The van der Waals surface area contributed by atoms with Crippen molar-refractivity contribution in [3.8, 4) is 17.6 Å². The minimum absolute atomic E-state index is 0.436. The van der Waals surface area contributed by atoms with Gasteiger partial charge in [0.15, 0.2) is 0 Å². The van der Waals surface area contributed by atoms with Crippen LogP contribution < -0.4 is 9.47 Å². The van der Waals surface area contributed by atoms with Gasteiger partial charge in [-0.2, -0.15) is 5.26 Å². The molecule has 0 N–H and O–H groups in total. The summed E-state index contributed by atoms with van der Waals surface area (Å²) in [5.74, 6) is 1.21. The highest BCUT2D eigenvalue weighted by Crippen LogP contribution is 2.22. The molecule has 0 heterocycles. The summed E-state index contributed by atoms with van der Waals surface area (Å²) in [5.41, 5.74) is 0.510. The monoisotopic (exact) mass is 265 g/mol. The number of methoxy groups -OCH3 is 2. The van der Waals surface area contributed by atoms with Gasteiger partial charge in [0.25, 0.3) is 0 Å². The highest BCUT2D eigenvalue weighted by atomic mass is 16.5. The Morgan fingerprint density at radius 3 is 2.47 bits per heavy atom. The van der Waals surface area contributed by atoms with Crippen LogP contribution >= 0.6 is 0 Å². The summed E-state index contributed by atoms with van der Waals surface area (Å²) in [6.07, 6.45) is 0.869. The van der Waals surface area contributed by atoms with Gasteiger partial charge in [-0.15, -0.1) is 0 Å². The van der Waals surface area contributed by atoms with Crippen LogP contribution in [0.15, 0.2) is 18.2 Å². The summed E-state index contributed by atoms with van der Waals surface area (Å²) in [4.78, 5) is 0. The average Bonchev–Trinajstić information content (AvgIpc) is 2.45. The molecule has 1 rings (SSSR count). The smallest absolute Gasteiger partial charge is 0.124 e. The lowest BCUT2D eigenvalue weighted by atomic mass is 10.2. The zero-order chi connectivity index (χ0) is 13.9. The van der Waals surface area contributed by atoms with Gasteiger partial charge in [-0.05, 0) is 18.6 Å². The third-order valence-electron chi connectivity index (χ3n) is 2.38. The minimum Gasteiger partial charge on any atom is -0.497 e. The number of rotatable bonds is 9. The van der Waals surface area contributed by atoms with Gasteiger partial charge in [0.1, 0.15) is 18.1 Å². The maximum Gasteiger partial charge on any atom is 0.124 e. The van der Waals surface area contributed by atoms with Crippen molar-refractivity contribution in [2.75, 3.05) is 40.6 Å². The summed E-state index contributed by atoms with van der Waals surface area (Å²) in [5, 5.41) is 8.88. The van der Waals surface area contributed by atoms with Gasteiger partial charge in [0, 0.05) is 26.4 Å². The molecule has 0 fully saturated rings. The maximum absolute atomic E-state index is 8.88. The molecule has 5 heteroatoms. The molecule has 1 aromatic rings. The lowest BCUT2D eigenvalue weighted by molar-refractivity contribution is 0.0806. The van der Waals surface area contributed by atoms with Crippen LogP contribution in [0, 0.1) is 11.3 Å². The summed E-state index contributed by atoms with van der Waals surface area (Å²) < 4.78 is 20.9. The van der Waals surface area contributed by atoms with Gasteiger partial charge in [0.2, 0.25) is 0 Å². The molecule has 104 valence electrons. The van der Waals surface area contributed by atoms with Crippen molar-refractivity contribution in [2.24, 2.45) is 0 Å². The lowest BCUT2D eigenvalue weighted by Gasteiger charge is -2.09. The zero-order valence-electron chi connectivity index (χ0n) is 11.3. The predicted octanol–water partition coefficient (Wildman–Crippen LogP) is 2.00. The molecule has 0 saturated carbocycles. The Hall–Kier alpha value is -1.77. The molecular weight excluding hydrogens is 246 g/mol. The summed E-state index contributed by atoms with van der Waals surface area (Å²) in [6.45, 7) is 2.29. The van der Waals surface area contributed by atoms with Crippen molar-refractivity contribution in [1.82, 2.24) is 0 Å². The normalized spacial score (nSPS) is 9.95. The molecule has 0 saturated heterocycles. The number of benzene rings is 1. The first-order valence-corrected chi connectivity index (χ1v) is 6.09. The summed E-state index contributed by atoms with van der Waals surface area (Å²) in [6, 6.07) is 7.14. The fraction of sp³-hybridized carbons (Fsp3) is 0.500. The number of nitrogens with zero attached hydrogens (tertiary/aromatic N) is 1. The first kappa shape index (κ1) is 15.3. The van der Waals surface area contributed by atoms with Crippen LogP contribution in [0.5, 0.6) is 11.5 Å². The molecule has 0 atom stereocenters. The fourth-order valence-electron chi connectivity index (χ4n) is 1.46. The zero-order valence-corrected chi connectivity index (χ0v) is 11.3. The molecule has 1 aromatic carbocycles. The van der Waals surface area contributed by atoms with Crippen LogP contribution in [0.3, 0.4) is 0 Å². The molecule has 0 spiro atoms. The molecule has 5 nitrogen and oxygen atoms in total. The number of nitriles is 1. The Labute approximate surface area is 113 Å². The van der Waals surface area contributed by atoms with E-state index in [1.807, 2.05) is 0 Å². The Balaban J connectivity index is 2.31. The van der Waals surface area contributed by atoms with Gasteiger partial charge in [0.05, 0.1) is 25.3 Å². The van der Waals surface area contributed by atoms with Crippen LogP contribution in [0.25, 0.3) is 0 Å². The van der Waals surface area contributed by atoms with E-state index < -0.39 is 0 Å². The molecule has 0 aliphatic rings. The van der Waals surface area contributed by atoms with Crippen molar-refractivity contribution >= 4 is 0 Å². The van der Waals surface area contributed by atoms with E-state index in [0.29, 0.717) is 43.5 Å². The van der Waals surface area contributed by atoms with Gasteiger partial charge in [-0.1, -0.05) is 0 Å². The van der Waals surface area contributed by atoms with Crippen LogP contribution in [-0.4, -0.2) is 40.6 Å². The van der Waals surface area contributed by atoms with E-state index in [1.165, 1.54) is 0 Å². The highest BCUT2D eigenvalue weighted by Gasteiger charge is 2.02. The second-order valence-electron chi connectivity index (χ2n) is 3.82. The third kappa shape index (κ3) is 6.09. The first-order chi connectivity index (χ1) is 9.30. The van der Waals surface area contributed by atoms with E-state index in [-0.39, 0.29) is 0 Å². The minimum atomic E-state index is 0.436. The highest BCUT2D eigenvalue weighted by molar-refractivity contribution is 5.43. The standard InChI is InChI=1S/C14H19NO4/c1-16-4-3-5-18-6-7-19-14-9-12(11-15)8-13(10-14)17-2/h8-10H,3-7H2,1-2H3. The molecule has 0 amide bonds. The van der Waals surface area contributed by atoms with E-state index >= 15 is 0 Å². The van der Waals surface area contributed by atoms with E-state index in [4.69, 9.17) is 24.2 Å². The van der Waals surface area contributed by atoms with Gasteiger partial charge in [-0.3, -0.25) is 0 Å². The van der Waals surface area contributed by atoms with Crippen LogP contribution in [0.2, 0.25) is 0 Å². The molecule has 0 aliphatic heterocycles.